The molecular weight excluding hydrogens is 312 g/mol. The van der Waals surface area contributed by atoms with Gasteiger partial charge in [-0.15, -0.1) is 0 Å². The monoisotopic (exact) mass is 326 g/mol. The average molecular weight is 326 g/mol. The highest BCUT2D eigenvalue weighted by atomic mass is 16.3. The minimum atomic E-state index is -0.577. The van der Waals surface area contributed by atoms with Gasteiger partial charge in [-0.2, -0.15) is 0 Å². The number of hydrogen-bond acceptors (Lipinski definition) is 5. The number of nitrogens with one attached hydrogen (secondary N) is 2. The highest BCUT2D eigenvalue weighted by Gasteiger charge is 2.10. The van der Waals surface area contributed by atoms with Crippen LogP contribution in [-0.2, 0) is 11.3 Å². The normalized spacial score (nSPS) is 10.7. The topological polar surface area (TPSA) is 117 Å². The Morgan fingerprint density at radius 3 is 2.79 bits per heavy atom. The second kappa shape index (κ2) is 6.37. The predicted molar refractivity (Wildman–Crippen MR) is 88.0 cm³/mol. The van der Waals surface area contributed by atoms with E-state index in [1.807, 2.05) is 0 Å². The maximum Gasteiger partial charge on any atom is 0.328 e. The third-order valence-corrected chi connectivity index (χ3v) is 3.51. The fraction of sp³-hybridized carbons (Fsp3) is 0.125. The number of hydrogen-bond donors (Lipinski definition) is 3. The Hall–Kier alpha value is -3.42. The van der Waals surface area contributed by atoms with Crippen LogP contribution in [0.2, 0.25) is 0 Å². The van der Waals surface area contributed by atoms with E-state index in [2.05, 4.69) is 15.3 Å². The maximum atomic E-state index is 12.0. The summed E-state index contributed by atoms with van der Waals surface area (Å²) in [6, 6.07) is 9.61. The van der Waals surface area contributed by atoms with Crippen LogP contribution in [0.4, 0.5) is 5.82 Å². The first kappa shape index (κ1) is 15.5. The molecule has 3 N–H and O–H groups in total. The molecule has 0 fully saturated rings. The van der Waals surface area contributed by atoms with E-state index in [4.69, 9.17) is 0 Å². The van der Waals surface area contributed by atoms with Crippen molar-refractivity contribution >= 4 is 22.6 Å². The van der Waals surface area contributed by atoms with Crippen LogP contribution in [0.25, 0.3) is 10.9 Å². The van der Waals surface area contributed by atoms with Gasteiger partial charge in [0.15, 0.2) is 11.6 Å². The van der Waals surface area contributed by atoms with Gasteiger partial charge in [0.1, 0.15) is 0 Å². The summed E-state index contributed by atoms with van der Waals surface area (Å²) < 4.78 is 1.33. The maximum absolute atomic E-state index is 12.0. The molecule has 0 saturated heterocycles. The number of pyridine rings is 1. The Labute approximate surface area is 135 Å². The first-order valence-corrected chi connectivity index (χ1v) is 7.22. The molecule has 8 nitrogen and oxygen atoms in total. The quantitative estimate of drug-likeness (QED) is 0.656. The van der Waals surface area contributed by atoms with Crippen LogP contribution in [-0.4, -0.2) is 25.5 Å². The van der Waals surface area contributed by atoms with E-state index in [1.165, 1.54) is 22.9 Å². The van der Waals surface area contributed by atoms with E-state index in [1.54, 1.807) is 24.3 Å². The molecule has 3 aromatic rings. The summed E-state index contributed by atoms with van der Waals surface area (Å²) in [7, 11) is 0. The van der Waals surface area contributed by atoms with Crippen LogP contribution in [0.5, 0.6) is 5.75 Å². The predicted octanol–water partition coefficient (Wildman–Crippen LogP) is 0.819. The number of fused-ring (bicyclic) bond motifs is 1. The Morgan fingerprint density at radius 1 is 1.21 bits per heavy atom. The lowest BCUT2D eigenvalue weighted by molar-refractivity contribution is -0.116. The molecule has 0 saturated carbocycles. The molecule has 0 bridgehead atoms. The van der Waals surface area contributed by atoms with Crippen molar-refractivity contribution in [1.29, 1.82) is 0 Å². The van der Waals surface area contributed by atoms with E-state index in [0.717, 1.165) is 0 Å². The summed E-state index contributed by atoms with van der Waals surface area (Å²) in [5, 5.41) is 12.4. The van der Waals surface area contributed by atoms with Crippen molar-refractivity contribution in [3.63, 3.8) is 0 Å². The fourth-order valence-corrected chi connectivity index (χ4v) is 2.37. The lowest BCUT2D eigenvalue weighted by Crippen LogP contribution is -2.31. The molecule has 2 aromatic heterocycles. The van der Waals surface area contributed by atoms with Gasteiger partial charge >= 0.3 is 5.69 Å². The number of aryl methyl sites for hydroxylation is 1. The lowest BCUT2D eigenvalue weighted by Gasteiger charge is -2.10. The van der Waals surface area contributed by atoms with Crippen LogP contribution in [0.15, 0.2) is 52.2 Å². The third kappa shape index (κ3) is 3.02. The Kier molecular flexibility index (Phi) is 4.11. The molecule has 0 aliphatic heterocycles. The van der Waals surface area contributed by atoms with E-state index in [-0.39, 0.29) is 24.5 Å². The Balaban J connectivity index is 1.81. The van der Waals surface area contributed by atoms with E-state index < -0.39 is 17.2 Å². The summed E-state index contributed by atoms with van der Waals surface area (Å²) in [5.74, 6) is -0.495. The van der Waals surface area contributed by atoms with Crippen molar-refractivity contribution < 1.29 is 9.90 Å². The molecule has 0 aliphatic carbocycles. The van der Waals surface area contributed by atoms with E-state index >= 15 is 0 Å². The van der Waals surface area contributed by atoms with Gasteiger partial charge in [0.25, 0.3) is 5.56 Å². The molecule has 1 amide bonds. The summed E-state index contributed by atoms with van der Waals surface area (Å²) in [6.45, 7) is 0.0789. The van der Waals surface area contributed by atoms with E-state index in [0.29, 0.717) is 10.9 Å². The second-order valence-electron chi connectivity index (χ2n) is 5.10. The van der Waals surface area contributed by atoms with Crippen molar-refractivity contribution in [2.45, 2.75) is 13.0 Å². The highest BCUT2D eigenvalue weighted by molar-refractivity contribution is 5.91. The van der Waals surface area contributed by atoms with Crippen molar-refractivity contribution in [1.82, 2.24) is 14.5 Å². The summed E-state index contributed by atoms with van der Waals surface area (Å²) >= 11 is 0. The van der Waals surface area contributed by atoms with Crippen LogP contribution >= 0.6 is 0 Å². The number of amides is 1. The Bertz CT molecular complexity index is 1020. The number of aromatic hydroxyl groups is 1. The van der Waals surface area contributed by atoms with Crippen LogP contribution in [0.3, 0.4) is 0 Å². The number of carbonyl (C=O) groups is 1. The molecular formula is C16H14N4O4. The van der Waals surface area contributed by atoms with Gasteiger partial charge in [-0.1, -0.05) is 12.1 Å². The molecule has 0 atom stereocenters. The van der Waals surface area contributed by atoms with Gasteiger partial charge in [0.05, 0.1) is 10.9 Å². The number of nitrogens with zero attached hydrogens (tertiary/aromatic N) is 2. The first-order chi connectivity index (χ1) is 11.6. The minimum Gasteiger partial charge on any atom is -0.504 e. The first-order valence-electron chi connectivity index (χ1n) is 7.22. The molecule has 0 unspecified atom stereocenters. The van der Waals surface area contributed by atoms with Crippen molar-refractivity contribution in [3.05, 3.63) is 63.4 Å². The van der Waals surface area contributed by atoms with Crippen LogP contribution < -0.4 is 16.6 Å². The number of aromatic nitrogens is 3. The molecule has 0 radical (unpaired) electrons. The van der Waals surface area contributed by atoms with E-state index in [9.17, 15) is 19.5 Å². The summed E-state index contributed by atoms with van der Waals surface area (Å²) in [5.41, 5.74) is -0.582. The number of H-pyrrole nitrogens is 1. The Morgan fingerprint density at radius 2 is 2.00 bits per heavy atom. The molecule has 3 rings (SSSR count). The summed E-state index contributed by atoms with van der Waals surface area (Å²) in [6.07, 6.45) is 1.42. The fourth-order valence-electron chi connectivity index (χ4n) is 2.37. The lowest BCUT2D eigenvalue weighted by atomic mass is 10.2. The molecule has 1 aromatic carbocycles. The third-order valence-electron chi connectivity index (χ3n) is 3.51. The van der Waals surface area contributed by atoms with Crippen LogP contribution in [0.1, 0.15) is 6.42 Å². The zero-order chi connectivity index (χ0) is 17.1. The number of anilines is 1. The van der Waals surface area contributed by atoms with Crippen molar-refractivity contribution in [2.24, 2.45) is 0 Å². The number of benzene rings is 1. The summed E-state index contributed by atoms with van der Waals surface area (Å²) in [4.78, 5) is 41.9. The van der Waals surface area contributed by atoms with Gasteiger partial charge in [0, 0.05) is 19.2 Å². The molecule has 2 heterocycles. The number of carbonyl (C=O) groups excluding carboxylic acids is 1. The smallest absolute Gasteiger partial charge is 0.328 e. The molecule has 8 heteroatoms. The molecule has 122 valence electrons. The van der Waals surface area contributed by atoms with Gasteiger partial charge in [-0.3, -0.25) is 19.1 Å². The van der Waals surface area contributed by atoms with Gasteiger partial charge in [-0.05, 0) is 24.3 Å². The van der Waals surface area contributed by atoms with Crippen molar-refractivity contribution in [2.75, 3.05) is 5.32 Å². The highest BCUT2D eigenvalue weighted by Crippen LogP contribution is 2.18. The standard InChI is InChI=1S/C16H14N4O4/c21-12-6-3-8-17-14(12)18-13(22)7-9-20-11-5-2-1-4-10(11)15(23)19-16(20)24/h1-6,8,21H,7,9H2,(H,17,18,22)(H,19,23,24). The minimum absolute atomic E-state index is 0.0219. The van der Waals surface area contributed by atoms with Crippen LogP contribution in [0, 0.1) is 0 Å². The number of aromatic amines is 1. The van der Waals surface area contributed by atoms with Gasteiger partial charge < -0.3 is 10.4 Å². The zero-order valence-electron chi connectivity index (χ0n) is 12.5. The van der Waals surface area contributed by atoms with Gasteiger partial charge in [0.2, 0.25) is 5.91 Å². The van der Waals surface area contributed by atoms with Crippen molar-refractivity contribution in [3.8, 4) is 5.75 Å². The average Bonchev–Trinajstić information content (AvgIpc) is 2.57. The van der Waals surface area contributed by atoms with Gasteiger partial charge in [-0.25, -0.2) is 9.78 Å². The molecule has 0 aliphatic rings. The second-order valence-corrected chi connectivity index (χ2v) is 5.10. The molecule has 24 heavy (non-hydrogen) atoms. The zero-order valence-corrected chi connectivity index (χ0v) is 12.5. The molecule has 0 spiro atoms. The number of rotatable bonds is 4. The number of para-hydroxylation sites is 1. The largest absolute Gasteiger partial charge is 0.504 e. The SMILES string of the molecule is O=C(CCn1c(=O)[nH]c(=O)c2ccccc21)Nc1ncccc1O.